The molecule has 0 fully saturated rings. The van der Waals surface area contributed by atoms with Crippen LogP contribution in [0.3, 0.4) is 0 Å². The lowest BCUT2D eigenvalue weighted by Gasteiger charge is -2.21. The number of nitrogens with zero attached hydrogens (tertiary/aromatic N) is 2. The van der Waals surface area contributed by atoms with Gasteiger partial charge in [0.05, 0.1) is 11.4 Å². The van der Waals surface area contributed by atoms with Crippen LogP contribution in [-0.4, -0.2) is 9.97 Å². The van der Waals surface area contributed by atoms with Crippen molar-refractivity contribution in [1.82, 2.24) is 9.97 Å². The first-order chi connectivity index (χ1) is 21.8. The molecular weight excluding hydrogens is 573 g/mol. The predicted molar refractivity (Wildman–Crippen MR) is 186 cm³/mol. The maximum absolute atomic E-state index is 5.28. The van der Waals surface area contributed by atoms with Crippen LogP contribution in [0.2, 0.25) is 0 Å². The summed E-state index contributed by atoms with van der Waals surface area (Å²) in [5.74, 6) is 0.729. The summed E-state index contributed by atoms with van der Waals surface area (Å²) in [6.45, 7) is 0. The SMILES string of the molecule is c1ccc(-c2cc(-c3cccc4c3Sc3ccccc3S4)nc(-c3ccc4c5ccccc5c5ccccc5c4c3)n2)cc1. The molecule has 0 atom stereocenters. The molecule has 0 aliphatic carbocycles. The number of rotatable bonds is 3. The van der Waals surface area contributed by atoms with E-state index in [9.17, 15) is 0 Å². The molecule has 0 unspecified atom stereocenters. The summed E-state index contributed by atoms with van der Waals surface area (Å²) >= 11 is 3.66. The topological polar surface area (TPSA) is 25.8 Å². The van der Waals surface area contributed by atoms with Gasteiger partial charge in [-0.3, -0.25) is 0 Å². The average Bonchev–Trinajstić information content (AvgIpc) is 3.10. The van der Waals surface area contributed by atoms with Crippen LogP contribution < -0.4 is 0 Å². The molecule has 0 saturated heterocycles. The summed E-state index contributed by atoms with van der Waals surface area (Å²) in [5.41, 5.74) is 5.07. The van der Waals surface area contributed by atoms with Gasteiger partial charge in [-0.2, -0.15) is 0 Å². The molecule has 0 saturated carbocycles. The van der Waals surface area contributed by atoms with Gasteiger partial charge in [-0.1, -0.05) is 139 Å². The third-order valence-electron chi connectivity index (χ3n) is 8.33. The first-order valence-corrected chi connectivity index (χ1v) is 16.3. The van der Waals surface area contributed by atoms with Crippen LogP contribution in [0.5, 0.6) is 0 Å². The van der Waals surface area contributed by atoms with Gasteiger partial charge in [0.2, 0.25) is 0 Å². The van der Waals surface area contributed by atoms with Crippen molar-refractivity contribution in [2.75, 3.05) is 0 Å². The fourth-order valence-corrected chi connectivity index (χ4v) is 8.66. The molecule has 1 aromatic heterocycles. The van der Waals surface area contributed by atoms with Gasteiger partial charge in [-0.15, -0.1) is 0 Å². The Morgan fingerprint density at radius 3 is 1.66 bits per heavy atom. The van der Waals surface area contributed by atoms with Crippen LogP contribution >= 0.6 is 23.5 Å². The quantitative estimate of drug-likeness (QED) is 0.190. The van der Waals surface area contributed by atoms with Gasteiger partial charge in [0.1, 0.15) is 0 Å². The molecule has 44 heavy (non-hydrogen) atoms. The Kier molecular flexibility index (Phi) is 6.03. The molecule has 206 valence electrons. The Morgan fingerprint density at radius 1 is 0.364 bits per heavy atom. The molecule has 0 N–H and O–H groups in total. The van der Waals surface area contributed by atoms with E-state index in [0.717, 1.165) is 33.9 Å². The lowest BCUT2D eigenvalue weighted by Crippen LogP contribution is -1.98. The molecule has 2 nitrogen and oxygen atoms in total. The molecule has 0 radical (unpaired) electrons. The third-order valence-corrected chi connectivity index (χ3v) is 10.9. The van der Waals surface area contributed by atoms with Crippen LogP contribution in [0, 0.1) is 0 Å². The van der Waals surface area contributed by atoms with Crippen LogP contribution in [0.1, 0.15) is 0 Å². The molecule has 1 aliphatic rings. The summed E-state index contributed by atoms with van der Waals surface area (Å²) < 4.78 is 0. The molecule has 2 heterocycles. The molecule has 0 amide bonds. The standard InChI is InChI=1S/C40H24N2S2/c1-2-11-25(12-3-1)34-24-35(32-17-10-20-38-39(32)44-37-19-9-8-18-36(37)43-38)42-40(41-34)26-21-22-31-29-15-5-4-13-27(29)28-14-6-7-16-30(28)33(31)23-26/h1-24H. The van der Waals surface area contributed by atoms with Crippen molar-refractivity contribution >= 4 is 55.8 Å². The second-order valence-electron chi connectivity index (χ2n) is 11.0. The van der Waals surface area contributed by atoms with Crippen LogP contribution in [-0.2, 0) is 0 Å². The second kappa shape index (κ2) is 10.4. The van der Waals surface area contributed by atoms with E-state index in [2.05, 4.69) is 140 Å². The Hall–Kier alpha value is -4.90. The number of hydrogen-bond acceptors (Lipinski definition) is 4. The van der Waals surface area contributed by atoms with Crippen molar-refractivity contribution in [3.05, 3.63) is 146 Å². The monoisotopic (exact) mass is 596 g/mol. The summed E-state index contributed by atoms with van der Waals surface area (Å²) in [5, 5.41) is 7.50. The first kappa shape index (κ1) is 25.6. The number of benzene rings is 7. The van der Waals surface area contributed by atoms with Crippen LogP contribution in [0.25, 0.3) is 66.2 Å². The summed E-state index contributed by atoms with van der Waals surface area (Å²) in [7, 11) is 0. The Labute approximate surface area is 263 Å². The normalized spacial score (nSPS) is 12.4. The molecule has 7 aromatic carbocycles. The fraction of sp³-hybridized carbons (Fsp3) is 0. The van der Waals surface area contributed by atoms with E-state index in [1.165, 1.54) is 51.9 Å². The summed E-state index contributed by atoms with van der Waals surface area (Å²) in [6.07, 6.45) is 0. The van der Waals surface area contributed by atoms with E-state index in [0.29, 0.717) is 0 Å². The zero-order valence-corrected chi connectivity index (χ0v) is 25.2. The van der Waals surface area contributed by atoms with Crippen LogP contribution in [0.15, 0.2) is 165 Å². The number of hydrogen-bond donors (Lipinski definition) is 0. The molecule has 0 bridgehead atoms. The van der Waals surface area contributed by atoms with E-state index in [1.54, 1.807) is 0 Å². The van der Waals surface area contributed by atoms with Gasteiger partial charge >= 0.3 is 0 Å². The lowest BCUT2D eigenvalue weighted by molar-refractivity contribution is 1.13. The molecule has 8 aromatic rings. The third kappa shape index (κ3) is 4.22. The van der Waals surface area contributed by atoms with E-state index < -0.39 is 0 Å². The minimum absolute atomic E-state index is 0.729. The van der Waals surface area contributed by atoms with Crippen molar-refractivity contribution in [2.24, 2.45) is 0 Å². The molecular formula is C40H24N2S2. The van der Waals surface area contributed by atoms with Gasteiger partial charge in [0, 0.05) is 36.3 Å². The van der Waals surface area contributed by atoms with Crippen molar-refractivity contribution in [2.45, 2.75) is 19.6 Å². The van der Waals surface area contributed by atoms with Crippen molar-refractivity contribution < 1.29 is 0 Å². The minimum Gasteiger partial charge on any atom is -0.228 e. The van der Waals surface area contributed by atoms with Crippen molar-refractivity contribution in [3.63, 3.8) is 0 Å². The average molecular weight is 597 g/mol. The molecule has 1 aliphatic heterocycles. The maximum atomic E-state index is 5.28. The summed E-state index contributed by atoms with van der Waals surface area (Å²) in [4.78, 5) is 15.5. The first-order valence-electron chi connectivity index (χ1n) is 14.7. The van der Waals surface area contributed by atoms with Crippen LogP contribution in [0.4, 0.5) is 0 Å². The Morgan fingerprint density at radius 2 is 0.932 bits per heavy atom. The highest BCUT2D eigenvalue weighted by Gasteiger charge is 2.22. The zero-order valence-electron chi connectivity index (χ0n) is 23.6. The van der Waals surface area contributed by atoms with Crippen molar-refractivity contribution in [3.8, 4) is 33.9 Å². The van der Waals surface area contributed by atoms with Gasteiger partial charge in [0.25, 0.3) is 0 Å². The van der Waals surface area contributed by atoms with E-state index in [4.69, 9.17) is 9.97 Å². The largest absolute Gasteiger partial charge is 0.228 e. The van der Waals surface area contributed by atoms with Crippen molar-refractivity contribution in [1.29, 1.82) is 0 Å². The van der Waals surface area contributed by atoms with Gasteiger partial charge in [0.15, 0.2) is 5.82 Å². The fourth-order valence-electron chi connectivity index (χ4n) is 6.27. The smallest absolute Gasteiger partial charge is 0.160 e. The maximum Gasteiger partial charge on any atom is 0.160 e. The predicted octanol–water partition coefficient (Wildman–Crippen LogP) is 11.6. The molecule has 9 rings (SSSR count). The number of fused-ring (bicyclic) bond motifs is 8. The van der Waals surface area contributed by atoms with Gasteiger partial charge in [-0.25, -0.2) is 9.97 Å². The second-order valence-corrected chi connectivity index (χ2v) is 13.1. The van der Waals surface area contributed by atoms with E-state index in [1.807, 2.05) is 29.6 Å². The summed E-state index contributed by atoms with van der Waals surface area (Å²) in [6, 6.07) is 51.8. The lowest BCUT2D eigenvalue weighted by atomic mass is 9.93. The minimum atomic E-state index is 0.729. The Balaban J connectivity index is 1.27. The molecule has 4 heteroatoms. The van der Waals surface area contributed by atoms with E-state index >= 15 is 0 Å². The number of aromatic nitrogens is 2. The zero-order chi connectivity index (χ0) is 29.0. The highest BCUT2D eigenvalue weighted by molar-refractivity contribution is 8.05. The van der Waals surface area contributed by atoms with E-state index in [-0.39, 0.29) is 0 Å². The molecule has 0 spiro atoms. The Bertz CT molecular complexity index is 2360. The highest BCUT2D eigenvalue weighted by Crippen LogP contribution is 2.51. The van der Waals surface area contributed by atoms with Gasteiger partial charge in [-0.05, 0) is 62.6 Å². The van der Waals surface area contributed by atoms with Gasteiger partial charge < -0.3 is 0 Å². The highest BCUT2D eigenvalue weighted by atomic mass is 32.2.